The predicted molar refractivity (Wildman–Crippen MR) is 103 cm³/mol. The Morgan fingerprint density at radius 2 is 1.77 bits per heavy atom. The van der Waals surface area contributed by atoms with Crippen LogP contribution in [0.2, 0.25) is 0 Å². The number of rotatable bonds is 5. The number of fused-ring (bicyclic) bond motifs is 1. The molecule has 3 heteroatoms. The van der Waals surface area contributed by atoms with Crippen molar-refractivity contribution in [3.05, 3.63) is 64.7 Å². The minimum absolute atomic E-state index is 0.0142. The molecular weight excluding hydrogens is 324 g/mol. The average Bonchev–Trinajstić information content (AvgIpc) is 3.03. The Bertz CT molecular complexity index is 829. The molecule has 1 aliphatic rings. The van der Waals surface area contributed by atoms with E-state index in [2.05, 4.69) is 12.1 Å². The van der Waals surface area contributed by atoms with Crippen LogP contribution in [0.5, 0.6) is 5.75 Å². The summed E-state index contributed by atoms with van der Waals surface area (Å²) in [6.07, 6.45) is 0.838. The highest BCUT2D eigenvalue weighted by molar-refractivity contribution is 6.04. The number of Topliss-reactive ketones (excluding diaryl/α,β-unsaturated/α-hetero) is 2. The van der Waals surface area contributed by atoms with Gasteiger partial charge >= 0.3 is 0 Å². The third-order valence-corrected chi connectivity index (χ3v) is 4.72. The van der Waals surface area contributed by atoms with Crippen LogP contribution in [-0.2, 0) is 0 Å². The highest BCUT2D eigenvalue weighted by Crippen LogP contribution is 2.42. The van der Waals surface area contributed by atoms with Gasteiger partial charge in [0.1, 0.15) is 5.75 Å². The van der Waals surface area contributed by atoms with Gasteiger partial charge in [-0.25, -0.2) is 0 Å². The van der Waals surface area contributed by atoms with Crippen molar-refractivity contribution in [1.29, 1.82) is 0 Å². The lowest BCUT2D eigenvalue weighted by Gasteiger charge is -2.18. The fourth-order valence-electron chi connectivity index (χ4n) is 3.43. The van der Waals surface area contributed by atoms with Crippen LogP contribution in [0.3, 0.4) is 0 Å². The van der Waals surface area contributed by atoms with Crippen molar-refractivity contribution in [1.82, 2.24) is 0 Å². The van der Waals surface area contributed by atoms with Gasteiger partial charge in [0.15, 0.2) is 11.6 Å². The van der Waals surface area contributed by atoms with Crippen LogP contribution in [0.4, 0.5) is 0 Å². The third kappa shape index (κ3) is 3.72. The van der Waals surface area contributed by atoms with E-state index in [1.165, 1.54) is 0 Å². The van der Waals surface area contributed by atoms with E-state index in [4.69, 9.17) is 4.74 Å². The maximum absolute atomic E-state index is 12.8. The topological polar surface area (TPSA) is 43.4 Å². The van der Waals surface area contributed by atoms with Crippen LogP contribution >= 0.6 is 0 Å². The van der Waals surface area contributed by atoms with Crippen LogP contribution < -0.4 is 4.74 Å². The van der Waals surface area contributed by atoms with Gasteiger partial charge in [0.2, 0.25) is 0 Å². The first-order chi connectivity index (χ1) is 12.3. The second-order valence-corrected chi connectivity index (χ2v) is 8.15. The molecule has 1 atom stereocenters. The molecule has 0 saturated carbocycles. The van der Waals surface area contributed by atoms with E-state index < -0.39 is 0 Å². The van der Waals surface area contributed by atoms with Gasteiger partial charge in [-0.1, -0.05) is 58.0 Å². The molecule has 2 aromatic rings. The lowest BCUT2D eigenvalue weighted by atomic mass is 9.85. The summed E-state index contributed by atoms with van der Waals surface area (Å²) in [7, 11) is 0. The molecule has 1 aliphatic heterocycles. The molecule has 26 heavy (non-hydrogen) atoms. The summed E-state index contributed by atoms with van der Waals surface area (Å²) in [5, 5.41) is 0. The first kappa shape index (κ1) is 18.4. The molecule has 0 N–H and O–H groups in total. The Hall–Kier alpha value is -2.42. The quantitative estimate of drug-likeness (QED) is 0.676. The van der Waals surface area contributed by atoms with E-state index in [9.17, 15) is 9.59 Å². The van der Waals surface area contributed by atoms with Crippen molar-refractivity contribution >= 4 is 11.6 Å². The van der Waals surface area contributed by atoms with Crippen LogP contribution in [-0.4, -0.2) is 18.2 Å². The first-order valence-corrected chi connectivity index (χ1v) is 9.22. The summed E-state index contributed by atoms with van der Waals surface area (Å²) in [6, 6.07) is 13.8. The van der Waals surface area contributed by atoms with Gasteiger partial charge < -0.3 is 4.74 Å². The number of benzene rings is 2. The molecule has 136 valence electrons. The van der Waals surface area contributed by atoms with Crippen LogP contribution in [0.1, 0.15) is 78.3 Å². The maximum atomic E-state index is 12.8. The van der Waals surface area contributed by atoms with Crippen molar-refractivity contribution in [2.24, 2.45) is 5.41 Å². The van der Waals surface area contributed by atoms with E-state index in [0.29, 0.717) is 36.3 Å². The van der Waals surface area contributed by atoms with Crippen molar-refractivity contribution < 1.29 is 14.3 Å². The Balaban J connectivity index is 2.09. The molecule has 0 saturated heterocycles. The fourth-order valence-corrected chi connectivity index (χ4v) is 3.43. The minimum Gasteiger partial charge on any atom is -0.492 e. The number of carbonyl (C=O) groups is 2. The van der Waals surface area contributed by atoms with E-state index in [-0.39, 0.29) is 22.9 Å². The molecule has 0 aromatic heterocycles. The van der Waals surface area contributed by atoms with Gasteiger partial charge in [-0.05, 0) is 23.1 Å². The summed E-state index contributed by atoms with van der Waals surface area (Å²) in [4.78, 5) is 25.3. The maximum Gasteiger partial charge on any atom is 0.166 e. The summed E-state index contributed by atoms with van der Waals surface area (Å²) < 4.78 is 5.92. The molecule has 3 rings (SSSR count). The molecule has 2 aromatic carbocycles. The zero-order valence-electron chi connectivity index (χ0n) is 16.0. The summed E-state index contributed by atoms with van der Waals surface area (Å²) in [5.74, 6) is 0.791. The predicted octanol–water partition coefficient (Wildman–Crippen LogP) is 5.42. The SMILES string of the molecule is CCC(=O)c1cc(C(=O)CC(C)(C)C)cc2c1OC[C@H]2c1ccccc1. The molecular formula is C23H26O3. The number of hydrogen-bond donors (Lipinski definition) is 0. The summed E-state index contributed by atoms with van der Waals surface area (Å²) in [6.45, 7) is 8.48. The number of ether oxygens (including phenoxy) is 1. The second kappa shape index (κ2) is 7.06. The molecule has 0 aliphatic carbocycles. The summed E-state index contributed by atoms with van der Waals surface area (Å²) >= 11 is 0. The molecule has 0 spiro atoms. The Kier molecular flexibility index (Phi) is 4.99. The van der Waals surface area contributed by atoms with Gasteiger partial charge in [-0.3, -0.25) is 9.59 Å². The molecule has 3 nitrogen and oxygen atoms in total. The third-order valence-electron chi connectivity index (χ3n) is 4.72. The van der Waals surface area contributed by atoms with Gasteiger partial charge in [0.25, 0.3) is 0 Å². The van der Waals surface area contributed by atoms with Crippen molar-refractivity contribution in [2.45, 2.75) is 46.5 Å². The van der Waals surface area contributed by atoms with E-state index in [0.717, 1.165) is 11.1 Å². The van der Waals surface area contributed by atoms with E-state index >= 15 is 0 Å². The largest absolute Gasteiger partial charge is 0.492 e. The van der Waals surface area contributed by atoms with Gasteiger partial charge in [-0.2, -0.15) is 0 Å². The van der Waals surface area contributed by atoms with Crippen molar-refractivity contribution in [2.75, 3.05) is 6.61 Å². The van der Waals surface area contributed by atoms with Gasteiger partial charge in [-0.15, -0.1) is 0 Å². The van der Waals surface area contributed by atoms with Crippen molar-refractivity contribution in [3.63, 3.8) is 0 Å². The van der Waals surface area contributed by atoms with Crippen LogP contribution in [0.25, 0.3) is 0 Å². The van der Waals surface area contributed by atoms with Crippen molar-refractivity contribution in [3.8, 4) is 5.75 Å². The molecule has 0 unspecified atom stereocenters. The van der Waals surface area contributed by atoms with Crippen LogP contribution in [0.15, 0.2) is 42.5 Å². The normalized spacial score (nSPS) is 16.1. The Morgan fingerprint density at radius 3 is 2.38 bits per heavy atom. The lowest BCUT2D eigenvalue weighted by molar-refractivity contribution is 0.0940. The second-order valence-electron chi connectivity index (χ2n) is 8.15. The molecule has 0 radical (unpaired) electrons. The number of hydrogen-bond acceptors (Lipinski definition) is 3. The molecule has 1 heterocycles. The Morgan fingerprint density at radius 1 is 1.08 bits per heavy atom. The molecule has 0 fully saturated rings. The van der Waals surface area contributed by atoms with E-state index in [1.807, 2.05) is 52.0 Å². The average molecular weight is 350 g/mol. The van der Waals surface area contributed by atoms with Gasteiger partial charge in [0, 0.05) is 29.9 Å². The van der Waals surface area contributed by atoms with E-state index in [1.54, 1.807) is 6.07 Å². The highest BCUT2D eigenvalue weighted by Gasteiger charge is 2.31. The highest BCUT2D eigenvalue weighted by atomic mass is 16.5. The Labute approximate surface area is 155 Å². The van der Waals surface area contributed by atoms with Gasteiger partial charge in [0.05, 0.1) is 12.2 Å². The standard InChI is InChI=1S/C23H26O3/c1-5-20(24)18-12-16(21(25)13-23(2,3)4)11-17-19(14-26-22(17)18)15-9-7-6-8-10-15/h6-12,19H,5,13-14H2,1-4H3/t19-/m0/s1. The smallest absolute Gasteiger partial charge is 0.166 e. The molecule has 0 amide bonds. The molecule has 0 bridgehead atoms. The fraction of sp³-hybridized carbons (Fsp3) is 0.391. The summed E-state index contributed by atoms with van der Waals surface area (Å²) in [5.41, 5.74) is 3.15. The lowest BCUT2D eigenvalue weighted by Crippen LogP contribution is -2.14. The first-order valence-electron chi connectivity index (χ1n) is 9.22. The van der Waals surface area contributed by atoms with Crippen LogP contribution in [0, 0.1) is 5.41 Å². The zero-order chi connectivity index (χ0) is 18.9. The monoisotopic (exact) mass is 350 g/mol. The number of ketones is 2. The number of carbonyl (C=O) groups excluding carboxylic acids is 2. The minimum atomic E-state index is -0.0969. The zero-order valence-corrected chi connectivity index (χ0v) is 16.0.